The maximum absolute atomic E-state index is 11.9. The smallest absolute Gasteiger partial charge is 0.285 e. The van der Waals surface area contributed by atoms with Crippen molar-refractivity contribution in [3.8, 4) is 0 Å². The van der Waals surface area contributed by atoms with E-state index in [1.807, 2.05) is 24.3 Å². The lowest BCUT2D eigenvalue weighted by Crippen LogP contribution is -2.38. The second kappa shape index (κ2) is 6.91. The van der Waals surface area contributed by atoms with Gasteiger partial charge < -0.3 is 9.64 Å². The molecule has 1 aromatic rings. The second-order valence-corrected chi connectivity index (χ2v) is 6.00. The summed E-state index contributed by atoms with van der Waals surface area (Å²) in [5.41, 5.74) is 1.29. The van der Waals surface area contributed by atoms with Crippen molar-refractivity contribution in [1.29, 1.82) is 0 Å². The van der Waals surface area contributed by atoms with E-state index in [0.717, 1.165) is 36.0 Å². The van der Waals surface area contributed by atoms with Crippen molar-refractivity contribution in [2.24, 2.45) is 4.99 Å². The van der Waals surface area contributed by atoms with Crippen LogP contribution < -0.4 is 0 Å². The summed E-state index contributed by atoms with van der Waals surface area (Å²) in [5.74, 6) is -0.102. The van der Waals surface area contributed by atoms with Gasteiger partial charge in [0.1, 0.15) is 0 Å². The molecule has 0 N–H and O–H groups in total. The first-order chi connectivity index (χ1) is 10.3. The molecule has 3 rings (SSSR count). The van der Waals surface area contributed by atoms with Gasteiger partial charge in [-0.1, -0.05) is 36.4 Å². The van der Waals surface area contributed by atoms with Crippen molar-refractivity contribution in [3.05, 3.63) is 46.9 Å². The number of amidine groups is 1. The predicted octanol–water partition coefficient (Wildman–Crippen LogP) is 2.46. The van der Waals surface area contributed by atoms with Gasteiger partial charge in [-0.25, -0.2) is 0 Å². The highest BCUT2D eigenvalue weighted by Gasteiger charge is 2.26. The Morgan fingerprint density at radius 2 is 2.00 bits per heavy atom. The number of thioether (sulfide) groups is 1. The summed E-state index contributed by atoms with van der Waals surface area (Å²) in [6.07, 6.45) is 3.83. The molecule has 0 atom stereocenters. The van der Waals surface area contributed by atoms with E-state index >= 15 is 0 Å². The van der Waals surface area contributed by atoms with Gasteiger partial charge in [-0.05, 0) is 30.2 Å². The fraction of sp³-hybridized carbons (Fsp3) is 0.375. The molecule has 0 unspecified atom stereocenters. The molecule has 21 heavy (non-hydrogen) atoms. The Morgan fingerprint density at radius 1 is 1.24 bits per heavy atom. The van der Waals surface area contributed by atoms with Crippen LogP contribution in [0.1, 0.15) is 12.0 Å². The van der Waals surface area contributed by atoms with Crippen LogP contribution >= 0.6 is 11.8 Å². The van der Waals surface area contributed by atoms with Crippen LogP contribution in [-0.4, -0.2) is 42.3 Å². The Morgan fingerprint density at radius 3 is 2.76 bits per heavy atom. The lowest BCUT2D eigenvalue weighted by atomic mass is 10.1. The molecule has 2 aliphatic heterocycles. The van der Waals surface area contributed by atoms with E-state index in [4.69, 9.17) is 4.74 Å². The molecule has 1 amide bonds. The average molecular weight is 302 g/mol. The minimum atomic E-state index is -0.102. The van der Waals surface area contributed by atoms with E-state index in [9.17, 15) is 4.79 Å². The van der Waals surface area contributed by atoms with Gasteiger partial charge in [0.15, 0.2) is 5.17 Å². The number of carbonyl (C=O) groups excluding carboxylic acids is 1. The SMILES string of the molecule is O=C1N=C(N2CCOCC2)S/C1=C/CCc1ccccc1. The van der Waals surface area contributed by atoms with Crippen LogP contribution in [0.25, 0.3) is 0 Å². The highest BCUT2D eigenvalue weighted by molar-refractivity contribution is 8.18. The number of ether oxygens (including phenoxy) is 1. The monoisotopic (exact) mass is 302 g/mol. The normalized spacial score (nSPS) is 21.0. The number of allylic oxidation sites excluding steroid dienone is 1. The first kappa shape index (κ1) is 14.4. The topological polar surface area (TPSA) is 41.9 Å². The van der Waals surface area contributed by atoms with Crippen molar-refractivity contribution in [2.75, 3.05) is 26.3 Å². The van der Waals surface area contributed by atoms with Gasteiger partial charge in [-0.2, -0.15) is 4.99 Å². The maximum Gasteiger partial charge on any atom is 0.285 e. The number of amides is 1. The van der Waals surface area contributed by atoms with Crippen LogP contribution in [0.4, 0.5) is 0 Å². The average Bonchev–Trinajstić information content (AvgIpc) is 2.91. The van der Waals surface area contributed by atoms with E-state index in [0.29, 0.717) is 13.2 Å². The maximum atomic E-state index is 11.9. The van der Waals surface area contributed by atoms with E-state index in [1.54, 1.807) is 0 Å². The summed E-state index contributed by atoms with van der Waals surface area (Å²) in [4.78, 5) is 19.0. The largest absolute Gasteiger partial charge is 0.378 e. The third kappa shape index (κ3) is 3.74. The molecule has 1 saturated heterocycles. The second-order valence-electron chi connectivity index (χ2n) is 4.99. The van der Waals surface area contributed by atoms with E-state index < -0.39 is 0 Å². The van der Waals surface area contributed by atoms with E-state index in [1.165, 1.54) is 17.3 Å². The lowest BCUT2D eigenvalue weighted by Gasteiger charge is -2.27. The van der Waals surface area contributed by atoms with E-state index in [2.05, 4.69) is 22.0 Å². The Bertz CT molecular complexity index is 563. The fourth-order valence-corrected chi connectivity index (χ4v) is 3.31. The fourth-order valence-electron chi connectivity index (χ4n) is 2.34. The van der Waals surface area contributed by atoms with Crippen molar-refractivity contribution in [1.82, 2.24) is 4.90 Å². The van der Waals surface area contributed by atoms with Crippen LogP contribution in [0, 0.1) is 0 Å². The number of aliphatic imine (C=N–C) groups is 1. The predicted molar refractivity (Wildman–Crippen MR) is 85.3 cm³/mol. The van der Waals surface area contributed by atoms with Gasteiger partial charge in [0.05, 0.1) is 18.1 Å². The van der Waals surface area contributed by atoms with Crippen molar-refractivity contribution >= 4 is 22.8 Å². The summed E-state index contributed by atoms with van der Waals surface area (Å²) < 4.78 is 5.32. The standard InChI is InChI=1S/C16H18N2O2S/c19-15-14(8-4-7-13-5-2-1-3-6-13)21-16(17-15)18-9-11-20-12-10-18/h1-3,5-6,8H,4,7,9-12H2/b14-8+. The molecule has 2 aliphatic rings. The zero-order chi connectivity index (χ0) is 14.5. The summed E-state index contributed by atoms with van der Waals surface area (Å²) in [5, 5.41) is 0.828. The first-order valence-electron chi connectivity index (χ1n) is 7.20. The lowest BCUT2D eigenvalue weighted by molar-refractivity contribution is -0.113. The van der Waals surface area contributed by atoms with Gasteiger partial charge in [-0.15, -0.1) is 0 Å². The number of hydrogen-bond acceptors (Lipinski definition) is 4. The highest BCUT2D eigenvalue weighted by atomic mass is 32.2. The summed E-state index contributed by atoms with van der Waals surface area (Å²) in [7, 11) is 0. The zero-order valence-electron chi connectivity index (χ0n) is 11.8. The van der Waals surface area contributed by atoms with Crippen LogP contribution in [-0.2, 0) is 16.0 Å². The number of benzene rings is 1. The van der Waals surface area contributed by atoms with Gasteiger partial charge in [-0.3, -0.25) is 4.79 Å². The zero-order valence-corrected chi connectivity index (χ0v) is 12.6. The van der Waals surface area contributed by atoms with Crippen LogP contribution in [0.2, 0.25) is 0 Å². The first-order valence-corrected chi connectivity index (χ1v) is 8.02. The molecule has 1 aromatic carbocycles. The quantitative estimate of drug-likeness (QED) is 0.804. The molecular formula is C16H18N2O2S. The van der Waals surface area contributed by atoms with Crippen LogP contribution in [0.5, 0.6) is 0 Å². The molecule has 0 saturated carbocycles. The molecule has 5 heteroatoms. The van der Waals surface area contributed by atoms with Crippen LogP contribution in [0.15, 0.2) is 46.3 Å². The van der Waals surface area contributed by atoms with Crippen LogP contribution in [0.3, 0.4) is 0 Å². The number of nitrogens with zero attached hydrogens (tertiary/aromatic N) is 2. The van der Waals surface area contributed by atoms with Crippen molar-refractivity contribution in [2.45, 2.75) is 12.8 Å². The van der Waals surface area contributed by atoms with Gasteiger partial charge in [0.25, 0.3) is 5.91 Å². The molecule has 2 heterocycles. The summed E-state index contributed by atoms with van der Waals surface area (Å²) >= 11 is 1.49. The minimum Gasteiger partial charge on any atom is -0.378 e. The van der Waals surface area contributed by atoms with Gasteiger partial charge in [0, 0.05) is 13.1 Å². The molecule has 0 radical (unpaired) electrons. The molecule has 110 valence electrons. The number of rotatable bonds is 3. The number of hydrogen-bond donors (Lipinski definition) is 0. The number of carbonyl (C=O) groups is 1. The Kier molecular flexibility index (Phi) is 4.72. The molecule has 4 nitrogen and oxygen atoms in total. The number of aryl methyl sites for hydroxylation is 1. The highest BCUT2D eigenvalue weighted by Crippen LogP contribution is 2.29. The van der Waals surface area contributed by atoms with Crippen molar-refractivity contribution in [3.63, 3.8) is 0 Å². The third-order valence-corrected chi connectivity index (χ3v) is 4.59. The Hall–Kier alpha value is -1.59. The molecular weight excluding hydrogens is 284 g/mol. The Labute approximate surface area is 128 Å². The van der Waals surface area contributed by atoms with Crippen molar-refractivity contribution < 1.29 is 9.53 Å². The summed E-state index contributed by atoms with van der Waals surface area (Å²) in [6, 6.07) is 10.3. The minimum absolute atomic E-state index is 0.102. The van der Waals surface area contributed by atoms with E-state index in [-0.39, 0.29) is 5.91 Å². The van der Waals surface area contributed by atoms with Gasteiger partial charge >= 0.3 is 0 Å². The summed E-state index contributed by atoms with van der Waals surface area (Å²) in [6.45, 7) is 3.05. The van der Waals surface area contributed by atoms with Gasteiger partial charge in [0.2, 0.25) is 0 Å². The number of morpholine rings is 1. The molecule has 1 fully saturated rings. The third-order valence-electron chi connectivity index (χ3n) is 3.50. The molecule has 0 aromatic heterocycles. The molecule has 0 spiro atoms. The molecule has 0 aliphatic carbocycles. The molecule has 0 bridgehead atoms. The Balaban J connectivity index is 1.55.